The van der Waals surface area contributed by atoms with Gasteiger partial charge in [-0.3, -0.25) is 10.2 Å². The van der Waals surface area contributed by atoms with Crippen molar-refractivity contribution in [1.29, 1.82) is 0 Å². The number of nitrogens with zero attached hydrogens (tertiary/aromatic N) is 1. The molecule has 25 heavy (non-hydrogen) atoms. The second-order valence-corrected chi connectivity index (χ2v) is 5.46. The fourth-order valence-electron chi connectivity index (χ4n) is 2.18. The lowest BCUT2D eigenvalue weighted by Gasteiger charge is -2.16. The molecule has 0 radical (unpaired) electrons. The Balaban J connectivity index is 0.000000450. The summed E-state index contributed by atoms with van der Waals surface area (Å²) in [7, 11) is 0. The van der Waals surface area contributed by atoms with Gasteiger partial charge in [0.1, 0.15) is 6.61 Å². The fourth-order valence-corrected chi connectivity index (χ4v) is 2.29. The van der Waals surface area contributed by atoms with Gasteiger partial charge < -0.3 is 14.4 Å². The SMILES string of the molecule is CCOC(=O)Cl.NNC(=O)C1CCN(C(=O)OCc2ccccc2)C1. The van der Waals surface area contributed by atoms with Crippen LogP contribution in [0.2, 0.25) is 0 Å². The molecule has 1 atom stereocenters. The van der Waals surface area contributed by atoms with E-state index < -0.39 is 11.5 Å². The summed E-state index contributed by atoms with van der Waals surface area (Å²) >= 11 is 4.72. The van der Waals surface area contributed by atoms with Gasteiger partial charge in [-0.15, -0.1) is 0 Å². The first-order valence-electron chi connectivity index (χ1n) is 7.76. The number of carbonyl (C=O) groups is 3. The van der Waals surface area contributed by atoms with E-state index in [4.69, 9.17) is 22.2 Å². The number of likely N-dealkylation sites (tertiary alicyclic amines) is 1. The lowest BCUT2D eigenvalue weighted by atomic mass is 10.1. The largest absolute Gasteiger partial charge is 0.454 e. The number of halogens is 1. The zero-order valence-electron chi connectivity index (χ0n) is 13.9. The molecular formula is C16H22ClN3O5. The van der Waals surface area contributed by atoms with Crippen molar-refractivity contribution in [3.05, 3.63) is 35.9 Å². The first kappa shape index (κ1) is 20.7. The summed E-state index contributed by atoms with van der Waals surface area (Å²) < 4.78 is 9.37. The van der Waals surface area contributed by atoms with Crippen molar-refractivity contribution in [2.45, 2.75) is 20.0 Å². The van der Waals surface area contributed by atoms with Crippen LogP contribution in [0.5, 0.6) is 0 Å². The third-order valence-electron chi connectivity index (χ3n) is 3.42. The highest BCUT2D eigenvalue weighted by atomic mass is 35.5. The van der Waals surface area contributed by atoms with Gasteiger partial charge in [-0.05, 0) is 18.9 Å². The summed E-state index contributed by atoms with van der Waals surface area (Å²) in [6.45, 7) is 3.16. The number of carbonyl (C=O) groups excluding carboxylic acids is 3. The lowest BCUT2D eigenvalue weighted by Crippen LogP contribution is -2.38. The van der Waals surface area contributed by atoms with Crippen molar-refractivity contribution in [3.8, 4) is 0 Å². The van der Waals surface area contributed by atoms with E-state index in [1.165, 1.54) is 4.90 Å². The zero-order valence-corrected chi connectivity index (χ0v) is 14.7. The number of nitrogens with one attached hydrogen (secondary N) is 1. The normalized spacial score (nSPS) is 15.6. The van der Waals surface area contributed by atoms with E-state index in [9.17, 15) is 14.4 Å². The van der Waals surface area contributed by atoms with Crippen LogP contribution in [0.15, 0.2) is 30.3 Å². The molecule has 8 nitrogen and oxygen atoms in total. The van der Waals surface area contributed by atoms with Crippen LogP contribution in [-0.2, 0) is 20.9 Å². The first-order valence-corrected chi connectivity index (χ1v) is 8.14. The highest BCUT2D eigenvalue weighted by Gasteiger charge is 2.31. The topological polar surface area (TPSA) is 111 Å². The minimum atomic E-state index is -0.738. The van der Waals surface area contributed by atoms with Crippen LogP contribution in [-0.4, -0.2) is 42.0 Å². The molecule has 0 aliphatic carbocycles. The Morgan fingerprint density at radius 1 is 1.28 bits per heavy atom. The van der Waals surface area contributed by atoms with Gasteiger partial charge in [-0.2, -0.15) is 0 Å². The number of hydrogen-bond acceptors (Lipinski definition) is 6. The average Bonchev–Trinajstić information content (AvgIpc) is 3.10. The molecule has 0 aromatic heterocycles. The highest BCUT2D eigenvalue weighted by Crippen LogP contribution is 2.17. The van der Waals surface area contributed by atoms with Crippen molar-refractivity contribution in [2.24, 2.45) is 11.8 Å². The predicted molar refractivity (Wildman–Crippen MR) is 91.5 cm³/mol. The number of hydrogen-bond donors (Lipinski definition) is 2. The smallest absolute Gasteiger partial charge is 0.410 e. The van der Waals surface area contributed by atoms with Crippen molar-refractivity contribution >= 4 is 29.0 Å². The minimum Gasteiger partial charge on any atom is -0.454 e. The minimum absolute atomic E-state index is 0.238. The van der Waals surface area contributed by atoms with Gasteiger partial charge in [0.15, 0.2) is 0 Å². The van der Waals surface area contributed by atoms with Gasteiger partial charge in [0.2, 0.25) is 5.91 Å². The Labute approximate surface area is 151 Å². The molecule has 2 amide bonds. The molecule has 2 rings (SSSR count). The monoisotopic (exact) mass is 371 g/mol. The summed E-state index contributed by atoms with van der Waals surface area (Å²) in [6.07, 6.45) is 0.222. The predicted octanol–water partition coefficient (Wildman–Crippen LogP) is 2.02. The average molecular weight is 372 g/mol. The van der Waals surface area contributed by atoms with E-state index in [1.54, 1.807) is 6.92 Å². The first-order chi connectivity index (χ1) is 12.0. The van der Waals surface area contributed by atoms with Gasteiger partial charge in [0.05, 0.1) is 12.5 Å². The molecule has 9 heteroatoms. The summed E-state index contributed by atoms with van der Waals surface area (Å²) in [5, 5.41) is 0. The van der Waals surface area contributed by atoms with Crippen LogP contribution >= 0.6 is 11.6 Å². The number of nitrogens with two attached hydrogens (primary N) is 1. The van der Waals surface area contributed by atoms with Crippen molar-refractivity contribution in [3.63, 3.8) is 0 Å². The summed E-state index contributed by atoms with van der Waals surface area (Å²) in [6, 6.07) is 9.47. The quantitative estimate of drug-likeness (QED) is 0.362. The van der Waals surface area contributed by atoms with E-state index in [0.29, 0.717) is 26.1 Å². The van der Waals surface area contributed by atoms with Gasteiger partial charge in [-0.25, -0.2) is 15.4 Å². The van der Waals surface area contributed by atoms with E-state index in [1.807, 2.05) is 30.3 Å². The van der Waals surface area contributed by atoms with Crippen molar-refractivity contribution in [1.82, 2.24) is 10.3 Å². The fraction of sp³-hybridized carbons (Fsp3) is 0.438. The zero-order chi connectivity index (χ0) is 18.7. The number of rotatable bonds is 4. The molecule has 1 aromatic carbocycles. The number of benzene rings is 1. The second-order valence-electron chi connectivity index (χ2n) is 5.15. The van der Waals surface area contributed by atoms with Crippen molar-refractivity contribution < 1.29 is 23.9 Å². The number of hydrazine groups is 1. The van der Waals surface area contributed by atoms with Gasteiger partial charge in [0.25, 0.3) is 0 Å². The van der Waals surface area contributed by atoms with E-state index in [2.05, 4.69) is 10.2 Å². The van der Waals surface area contributed by atoms with Crippen LogP contribution in [0.25, 0.3) is 0 Å². The third kappa shape index (κ3) is 7.86. The van der Waals surface area contributed by atoms with E-state index in [0.717, 1.165) is 5.56 Å². The molecule has 1 aliphatic rings. The maximum atomic E-state index is 11.8. The van der Waals surface area contributed by atoms with E-state index >= 15 is 0 Å². The Kier molecular flexibility index (Phi) is 9.34. The molecule has 0 spiro atoms. The van der Waals surface area contributed by atoms with Crippen LogP contribution < -0.4 is 11.3 Å². The summed E-state index contributed by atoms with van der Waals surface area (Å²) in [5.74, 6) is 4.59. The molecule has 138 valence electrons. The Morgan fingerprint density at radius 2 is 1.96 bits per heavy atom. The van der Waals surface area contributed by atoms with Crippen LogP contribution in [0, 0.1) is 5.92 Å². The van der Waals surface area contributed by atoms with Gasteiger partial charge >= 0.3 is 11.5 Å². The Bertz CT molecular complexity index is 570. The molecule has 1 fully saturated rings. The number of ether oxygens (including phenoxy) is 2. The number of amides is 2. The maximum Gasteiger partial charge on any atom is 0.410 e. The maximum absolute atomic E-state index is 11.8. The van der Waals surface area contributed by atoms with Gasteiger partial charge in [-0.1, -0.05) is 30.3 Å². The van der Waals surface area contributed by atoms with E-state index in [-0.39, 0.29) is 18.4 Å². The Hall–Kier alpha value is -2.32. The molecule has 0 saturated carbocycles. The highest BCUT2D eigenvalue weighted by molar-refractivity contribution is 6.61. The second kappa shape index (κ2) is 11.3. The van der Waals surface area contributed by atoms with Crippen LogP contribution in [0.1, 0.15) is 18.9 Å². The molecule has 3 N–H and O–H groups in total. The molecule has 1 unspecified atom stereocenters. The molecule has 1 aromatic rings. The molecular weight excluding hydrogens is 350 g/mol. The molecule has 1 aliphatic heterocycles. The van der Waals surface area contributed by atoms with Crippen molar-refractivity contribution in [2.75, 3.05) is 19.7 Å². The summed E-state index contributed by atoms with van der Waals surface area (Å²) in [4.78, 5) is 34.3. The molecule has 0 bridgehead atoms. The molecule has 1 saturated heterocycles. The van der Waals surface area contributed by atoms with Crippen LogP contribution in [0.3, 0.4) is 0 Å². The summed E-state index contributed by atoms with van der Waals surface area (Å²) in [5.41, 5.74) is 2.30. The van der Waals surface area contributed by atoms with Crippen LogP contribution in [0.4, 0.5) is 9.59 Å². The lowest BCUT2D eigenvalue weighted by molar-refractivity contribution is -0.124. The molecule has 1 heterocycles. The third-order valence-corrected chi connectivity index (χ3v) is 3.53. The van der Waals surface area contributed by atoms with Gasteiger partial charge in [0, 0.05) is 24.7 Å². The Morgan fingerprint density at radius 3 is 2.48 bits per heavy atom. The standard InChI is InChI=1S/C13H17N3O3.C3H5ClO2/c14-15-12(17)11-6-7-16(8-11)13(18)19-9-10-4-2-1-3-5-10;1-2-6-3(4)5/h1-5,11H,6-9,14H2,(H,15,17);2H2,1H3.